The first-order chi connectivity index (χ1) is 20.2. The molecular formula is C22H21ClF6N6O7S2. The van der Waals surface area contributed by atoms with E-state index in [9.17, 15) is 39.6 Å². The van der Waals surface area contributed by atoms with E-state index in [1.807, 2.05) is 6.07 Å². The molecule has 0 aliphatic carbocycles. The number of nitrogens with zero attached hydrogens (tertiary/aromatic N) is 3. The van der Waals surface area contributed by atoms with Gasteiger partial charge in [-0.05, 0) is 30.7 Å². The highest BCUT2D eigenvalue weighted by Crippen LogP contribution is 2.28. The van der Waals surface area contributed by atoms with Gasteiger partial charge in [0.05, 0.1) is 15.9 Å². The Morgan fingerprint density at radius 1 is 1.09 bits per heavy atom. The average Bonchev–Trinajstić information content (AvgIpc) is 3.50. The Kier molecular flexibility index (Phi) is 12.1. The first-order valence-corrected chi connectivity index (χ1v) is 14.3. The highest BCUT2D eigenvalue weighted by Gasteiger charge is 2.39. The molecule has 242 valence electrons. The standard InChI is InChI=1S/C18H19ClN6O3S2.2C2HF3O2/c19-16-11(3-6-23-17(16)20)22-7-9-25-8-4-12(18(25)26)24-30(27,28)15-10-13-14(29-15)2-1-5-21-13;2*3-2(4,5)1(6)7/h1-3,5-6,10,12,24H,4,7-9H2,(H3,20,22,23);2*(H,6,7)/t12-;;/m0../s1. The van der Waals surface area contributed by atoms with Crippen LogP contribution in [-0.4, -0.2) is 89.4 Å². The number of likely N-dealkylation sites (tertiary alicyclic amines) is 1. The van der Waals surface area contributed by atoms with Crippen LogP contribution >= 0.6 is 22.9 Å². The van der Waals surface area contributed by atoms with E-state index in [1.165, 1.54) is 6.07 Å². The van der Waals surface area contributed by atoms with E-state index in [0.29, 0.717) is 42.3 Å². The summed E-state index contributed by atoms with van der Waals surface area (Å²) in [4.78, 5) is 40.1. The van der Waals surface area contributed by atoms with Crippen LogP contribution in [0.1, 0.15) is 6.42 Å². The lowest BCUT2D eigenvalue weighted by molar-refractivity contribution is -0.193. The summed E-state index contributed by atoms with van der Waals surface area (Å²) in [6.07, 6.45) is -6.61. The number of aromatic nitrogens is 2. The summed E-state index contributed by atoms with van der Waals surface area (Å²) < 4.78 is 92.4. The van der Waals surface area contributed by atoms with Gasteiger partial charge in [-0.1, -0.05) is 11.6 Å². The van der Waals surface area contributed by atoms with Crippen LogP contribution in [0.3, 0.4) is 0 Å². The van der Waals surface area contributed by atoms with Gasteiger partial charge in [-0.25, -0.2) is 23.0 Å². The van der Waals surface area contributed by atoms with Crippen LogP contribution in [-0.2, 0) is 24.4 Å². The Balaban J connectivity index is 0.000000402. The molecule has 44 heavy (non-hydrogen) atoms. The molecule has 1 aliphatic rings. The molecule has 0 unspecified atom stereocenters. The minimum atomic E-state index is -5.08. The Morgan fingerprint density at radius 2 is 1.68 bits per heavy atom. The number of nitrogen functional groups attached to an aromatic ring is 1. The molecule has 3 aromatic rings. The number of carboxylic acid groups (broad SMARTS) is 2. The predicted molar refractivity (Wildman–Crippen MR) is 144 cm³/mol. The van der Waals surface area contributed by atoms with E-state index >= 15 is 0 Å². The molecule has 0 spiro atoms. The molecule has 0 radical (unpaired) electrons. The number of fused-ring (bicyclic) bond motifs is 1. The lowest BCUT2D eigenvalue weighted by Crippen LogP contribution is -2.42. The molecule has 13 nitrogen and oxygen atoms in total. The number of carbonyl (C=O) groups is 3. The molecule has 4 heterocycles. The number of halogens is 7. The lowest BCUT2D eigenvalue weighted by Gasteiger charge is -2.18. The molecule has 1 saturated heterocycles. The summed E-state index contributed by atoms with van der Waals surface area (Å²) in [5.74, 6) is -5.54. The fraction of sp³-hybridized carbons (Fsp3) is 0.318. The molecule has 1 aliphatic heterocycles. The van der Waals surface area contributed by atoms with E-state index < -0.39 is 40.4 Å². The van der Waals surface area contributed by atoms with Crippen molar-refractivity contribution in [1.29, 1.82) is 0 Å². The second-order valence-electron chi connectivity index (χ2n) is 8.33. The first kappa shape index (κ1) is 36.2. The Hall–Kier alpha value is -3.95. The second kappa shape index (κ2) is 14.7. The number of thiophene rings is 1. The maximum atomic E-state index is 12.7. The molecule has 3 aromatic heterocycles. The first-order valence-electron chi connectivity index (χ1n) is 11.6. The van der Waals surface area contributed by atoms with Gasteiger partial charge >= 0.3 is 24.3 Å². The van der Waals surface area contributed by atoms with Gasteiger partial charge in [-0.3, -0.25) is 9.78 Å². The third kappa shape index (κ3) is 10.3. The lowest BCUT2D eigenvalue weighted by atomic mass is 10.3. The molecule has 1 atom stereocenters. The van der Waals surface area contributed by atoms with Crippen LogP contribution in [0.5, 0.6) is 0 Å². The fourth-order valence-electron chi connectivity index (χ4n) is 3.22. The number of hydrogen-bond donors (Lipinski definition) is 5. The molecule has 1 amide bonds. The monoisotopic (exact) mass is 694 g/mol. The maximum absolute atomic E-state index is 12.7. The van der Waals surface area contributed by atoms with Crippen LogP contribution < -0.4 is 15.8 Å². The quantitative estimate of drug-likeness (QED) is 0.227. The van der Waals surface area contributed by atoms with Gasteiger partial charge in [0.25, 0.3) is 10.0 Å². The largest absolute Gasteiger partial charge is 0.490 e. The number of pyridine rings is 2. The van der Waals surface area contributed by atoms with Crippen LogP contribution in [0.4, 0.5) is 37.8 Å². The van der Waals surface area contributed by atoms with Crippen molar-refractivity contribution in [2.75, 3.05) is 30.7 Å². The number of amides is 1. The Labute approximate surface area is 252 Å². The normalized spacial score (nSPS) is 15.2. The highest BCUT2D eigenvalue weighted by molar-refractivity contribution is 7.91. The molecule has 0 aromatic carbocycles. The summed E-state index contributed by atoms with van der Waals surface area (Å²) in [6, 6.07) is 6.00. The maximum Gasteiger partial charge on any atom is 0.490 e. The fourth-order valence-corrected chi connectivity index (χ4v) is 5.97. The van der Waals surface area contributed by atoms with Crippen molar-refractivity contribution < 1.29 is 59.4 Å². The summed E-state index contributed by atoms with van der Waals surface area (Å²) in [7, 11) is -3.81. The summed E-state index contributed by atoms with van der Waals surface area (Å²) in [6.45, 7) is 1.31. The van der Waals surface area contributed by atoms with Gasteiger partial charge in [0.2, 0.25) is 5.91 Å². The summed E-state index contributed by atoms with van der Waals surface area (Å²) >= 11 is 7.22. The number of hydrogen-bond acceptors (Lipinski definition) is 10. The number of nitrogens with one attached hydrogen (secondary N) is 2. The van der Waals surface area contributed by atoms with Crippen LogP contribution in [0.25, 0.3) is 10.2 Å². The molecule has 4 rings (SSSR count). The molecule has 22 heteroatoms. The topological polar surface area (TPSA) is 205 Å². The van der Waals surface area contributed by atoms with Crippen molar-refractivity contribution in [3.8, 4) is 0 Å². The van der Waals surface area contributed by atoms with Crippen molar-refractivity contribution in [2.45, 2.75) is 29.0 Å². The second-order valence-corrected chi connectivity index (χ2v) is 11.7. The molecular weight excluding hydrogens is 674 g/mol. The number of carbonyl (C=O) groups excluding carboxylic acids is 1. The highest BCUT2D eigenvalue weighted by atomic mass is 35.5. The molecule has 0 bridgehead atoms. The Morgan fingerprint density at radius 3 is 2.23 bits per heavy atom. The van der Waals surface area contributed by atoms with Crippen molar-refractivity contribution >= 4 is 72.5 Å². The summed E-state index contributed by atoms with van der Waals surface area (Å²) in [5, 5.41) is 17.7. The van der Waals surface area contributed by atoms with Gasteiger partial charge in [0.1, 0.15) is 21.1 Å². The number of nitrogens with two attached hydrogens (primary N) is 1. The SMILES string of the molecule is Nc1nccc(NCCN2CC[C@H](NS(=O)(=O)c3cc4ncccc4s3)C2=O)c1Cl.O=C(O)C(F)(F)F.O=C(O)C(F)(F)F. The van der Waals surface area contributed by atoms with Crippen molar-refractivity contribution in [2.24, 2.45) is 0 Å². The third-order valence-corrected chi connectivity index (χ3v) is 8.65. The third-order valence-electron chi connectivity index (χ3n) is 5.22. The van der Waals surface area contributed by atoms with Crippen LogP contribution in [0.2, 0.25) is 5.02 Å². The molecule has 6 N–H and O–H groups in total. The van der Waals surface area contributed by atoms with Crippen molar-refractivity contribution in [1.82, 2.24) is 19.6 Å². The zero-order valence-electron chi connectivity index (χ0n) is 21.7. The van der Waals surface area contributed by atoms with Crippen molar-refractivity contribution in [3.63, 3.8) is 0 Å². The van der Waals surface area contributed by atoms with E-state index in [4.69, 9.17) is 37.1 Å². The molecule has 1 fully saturated rings. The number of aliphatic carboxylic acids is 2. The van der Waals surface area contributed by atoms with Gasteiger partial charge in [0.15, 0.2) is 0 Å². The number of sulfonamides is 1. The summed E-state index contributed by atoms with van der Waals surface area (Å²) in [5.41, 5.74) is 6.92. The van der Waals surface area contributed by atoms with Gasteiger partial charge < -0.3 is 26.2 Å². The Bertz CT molecular complexity index is 1550. The average molecular weight is 695 g/mol. The van der Waals surface area contributed by atoms with E-state index in [-0.39, 0.29) is 15.9 Å². The van der Waals surface area contributed by atoms with Gasteiger partial charge in [0, 0.05) is 32.0 Å². The van der Waals surface area contributed by atoms with E-state index in [0.717, 1.165) is 16.0 Å². The number of carboxylic acids is 2. The van der Waals surface area contributed by atoms with Crippen LogP contribution in [0.15, 0.2) is 40.9 Å². The molecule has 0 saturated carbocycles. The number of alkyl halides is 6. The zero-order valence-corrected chi connectivity index (χ0v) is 24.1. The minimum absolute atomic E-state index is 0.147. The number of rotatable bonds is 7. The van der Waals surface area contributed by atoms with Crippen molar-refractivity contribution in [3.05, 3.63) is 41.7 Å². The van der Waals surface area contributed by atoms with Gasteiger partial charge in [-0.2, -0.15) is 31.1 Å². The predicted octanol–water partition coefficient (Wildman–Crippen LogP) is 3.18. The van der Waals surface area contributed by atoms with E-state index in [2.05, 4.69) is 20.0 Å². The van der Waals surface area contributed by atoms with E-state index in [1.54, 1.807) is 29.4 Å². The van der Waals surface area contributed by atoms with Crippen LogP contribution in [0, 0.1) is 0 Å². The minimum Gasteiger partial charge on any atom is -0.475 e. The number of anilines is 2. The smallest absolute Gasteiger partial charge is 0.475 e. The van der Waals surface area contributed by atoms with Gasteiger partial charge in [-0.15, -0.1) is 11.3 Å². The zero-order chi connectivity index (χ0) is 33.5.